The van der Waals surface area contributed by atoms with E-state index in [9.17, 15) is 28.6 Å². The first kappa shape index (κ1) is 21.7. The van der Waals surface area contributed by atoms with Gasteiger partial charge in [0.2, 0.25) is 5.78 Å². The maximum atomic E-state index is 16.9. The van der Waals surface area contributed by atoms with Gasteiger partial charge in [0.25, 0.3) is 0 Å². The molecule has 0 heterocycles. The van der Waals surface area contributed by atoms with Crippen LogP contribution in [0.1, 0.15) is 40.0 Å². The molecule has 0 amide bonds. The maximum absolute atomic E-state index is 16.9. The molecule has 0 spiro atoms. The van der Waals surface area contributed by atoms with Crippen molar-refractivity contribution in [2.45, 2.75) is 63.6 Å². The highest BCUT2D eigenvalue weighted by atomic mass is 19.2. The first-order valence-corrected chi connectivity index (χ1v) is 10.3. The van der Waals surface area contributed by atoms with Gasteiger partial charge in [-0.3, -0.25) is 9.59 Å². The van der Waals surface area contributed by atoms with Crippen LogP contribution in [0, 0.1) is 28.6 Å². The van der Waals surface area contributed by atoms with E-state index < -0.39 is 88.2 Å². The summed E-state index contributed by atoms with van der Waals surface area (Å²) in [5.41, 5.74) is -8.52. The molecule has 8 heteroatoms. The average molecular weight is 430 g/mol. The Balaban J connectivity index is 1.89. The van der Waals surface area contributed by atoms with Gasteiger partial charge in [-0.25, -0.2) is 17.6 Å². The van der Waals surface area contributed by atoms with E-state index in [4.69, 9.17) is 0 Å². The van der Waals surface area contributed by atoms with Crippen LogP contribution in [-0.2, 0) is 9.59 Å². The Morgan fingerprint density at radius 2 is 1.90 bits per heavy atom. The molecule has 4 nitrogen and oxygen atoms in total. The number of hydrogen-bond donors (Lipinski definition) is 2. The highest BCUT2D eigenvalue weighted by Crippen LogP contribution is 2.71. The van der Waals surface area contributed by atoms with Crippen molar-refractivity contribution in [3.8, 4) is 0 Å². The predicted molar refractivity (Wildman–Crippen MR) is 99.2 cm³/mol. The van der Waals surface area contributed by atoms with Crippen LogP contribution in [0.25, 0.3) is 0 Å². The van der Waals surface area contributed by atoms with Gasteiger partial charge < -0.3 is 10.2 Å². The molecule has 0 aromatic rings. The van der Waals surface area contributed by atoms with Gasteiger partial charge in [0, 0.05) is 22.3 Å². The molecule has 0 bridgehead atoms. The quantitative estimate of drug-likeness (QED) is 0.661. The molecule has 0 aromatic carbocycles. The molecule has 9 atom stereocenters. The Morgan fingerprint density at radius 1 is 1.27 bits per heavy atom. The van der Waals surface area contributed by atoms with Gasteiger partial charge in [-0.2, -0.15) is 0 Å². The molecular formula is C22H26F4O4. The second-order valence-electron chi connectivity index (χ2n) is 9.91. The summed E-state index contributed by atoms with van der Waals surface area (Å²) < 4.78 is 60.0. The monoisotopic (exact) mass is 430 g/mol. The molecule has 0 aliphatic heterocycles. The van der Waals surface area contributed by atoms with E-state index in [0.717, 1.165) is 12.2 Å². The summed E-state index contributed by atoms with van der Waals surface area (Å²) >= 11 is 0. The van der Waals surface area contributed by atoms with E-state index in [1.165, 1.54) is 13.8 Å². The van der Waals surface area contributed by atoms with E-state index in [-0.39, 0.29) is 12.8 Å². The minimum atomic E-state index is -2.52. The second-order valence-corrected chi connectivity index (χ2v) is 9.91. The number of rotatable bonds is 2. The van der Waals surface area contributed by atoms with Crippen molar-refractivity contribution in [3.05, 3.63) is 23.6 Å². The minimum Gasteiger partial charge on any atom is -0.390 e. The van der Waals surface area contributed by atoms with Crippen molar-refractivity contribution in [1.29, 1.82) is 0 Å². The second kappa shape index (κ2) is 6.25. The van der Waals surface area contributed by atoms with Gasteiger partial charge >= 0.3 is 0 Å². The highest BCUT2D eigenvalue weighted by Gasteiger charge is 2.77. The summed E-state index contributed by atoms with van der Waals surface area (Å²) in [6.45, 7) is 2.94. The van der Waals surface area contributed by atoms with Crippen LogP contribution in [0.4, 0.5) is 17.6 Å². The van der Waals surface area contributed by atoms with Crippen molar-refractivity contribution >= 4 is 11.6 Å². The third-order valence-electron chi connectivity index (χ3n) is 8.83. The molecule has 0 radical (unpaired) electrons. The van der Waals surface area contributed by atoms with Crippen LogP contribution >= 0.6 is 0 Å². The lowest BCUT2D eigenvalue weighted by molar-refractivity contribution is -0.223. The zero-order valence-electron chi connectivity index (χ0n) is 17.1. The molecule has 3 saturated carbocycles. The van der Waals surface area contributed by atoms with Gasteiger partial charge in [0.15, 0.2) is 24.0 Å². The number of ketones is 2. The minimum absolute atomic E-state index is 0.134. The molecule has 4 aliphatic rings. The molecule has 4 rings (SSSR count). The maximum Gasteiger partial charge on any atom is 0.213 e. The van der Waals surface area contributed by atoms with E-state index >= 15 is 8.78 Å². The topological polar surface area (TPSA) is 74.6 Å². The number of aliphatic hydroxyl groups excluding tert-OH is 1. The van der Waals surface area contributed by atoms with Crippen molar-refractivity contribution < 1.29 is 37.4 Å². The first-order valence-electron chi connectivity index (χ1n) is 10.3. The summed E-state index contributed by atoms with van der Waals surface area (Å²) in [5.74, 6) is -6.05. The number of alkyl halides is 3. The van der Waals surface area contributed by atoms with Gasteiger partial charge in [0.05, 0.1) is 6.10 Å². The van der Waals surface area contributed by atoms with Gasteiger partial charge in [-0.05, 0) is 44.1 Å². The van der Waals surface area contributed by atoms with Crippen molar-refractivity contribution in [3.63, 3.8) is 0 Å². The molecule has 0 saturated heterocycles. The summed E-state index contributed by atoms with van der Waals surface area (Å²) in [5, 5.41) is 22.3. The summed E-state index contributed by atoms with van der Waals surface area (Å²) in [7, 11) is 0. The Morgan fingerprint density at radius 3 is 2.50 bits per heavy atom. The number of halogens is 4. The normalized spacial score (nSPS) is 52.7. The van der Waals surface area contributed by atoms with Crippen LogP contribution in [0.2, 0.25) is 0 Å². The average Bonchev–Trinajstić information content (AvgIpc) is 2.88. The van der Waals surface area contributed by atoms with Crippen LogP contribution in [-0.4, -0.2) is 52.0 Å². The lowest BCUT2D eigenvalue weighted by atomic mass is 9.44. The van der Waals surface area contributed by atoms with Gasteiger partial charge in [-0.1, -0.05) is 19.9 Å². The first-order chi connectivity index (χ1) is 13.8. The van der Waals surface area contributed by atoms with Gasteiger partial charge in [0.1, 0.15) is 11.8 Å². The molecule has 4 aliphatic carbocycles. The van der Waals surface area contributed by atoms with Crippen LogP contribution in [0.5, 0.6) is 0 Å². The molecule has 30 heavy (non-hydrogen) atoms. The van der Waals surface area contributed by atoms with E-state index in [0.29, 0.717) is 0 Å². The number of allylic oxidation sites excluding steroid dienone is 4. The van der Waals surface area contributed by atoms with Crippen LogP contribution < -0.4 is 0 Å². The predicted octanol–water partition coefficient (Wildman–Crippen LogP) is 3.12. The standard InChI is InChI=1S/C22H26F4O4/c1-10-6-11-12-7-13(24)17-18(25)14(27)4-5-19(17,2)21(12,26)15(28)8-20(11,3)22(10,30)16(29)9-23/h4-5,10-13,15,28,30H,6-9H2,1-3H3/t10?,11-,12-,13?,15?,19-,20-,21-,22-/m0/s1. The van der Waals surface area contributed by atoms with Gasteiger partial charge in [-0.15, -0.1) is 0 Å². The fourth-order valence-electron chi connectivity index (χ4n) is 7.33. The molecule has 2 N–H and O–H groups in total. The van der Waals surface area contributed by atoms with Crippen LogP contribution in [0.3, 0.4) is 0 Å². The third kappa shape index (κ3) is 2.14. The number of hydrogen-bond acceptors (Lipinski definition) is 4. The summed E-state index contributed by atoms with van der Waals surface area (Å²) in [6.07, 6.45) is -2.51. The number of Topliss-reactive ketones (excluding diaryl/α,β-unsaturated/α-hetero) is 1. The summed E-state index contributed by atoms with van der Waals surface area (Å²) in [4.78, 5) is 24.2. The fraction of sp³-hybridized carbons (Fsp3) is 0.727. The van der Waals surface area contributed by atoms with Crippen LogP contribution in [0.15, 0.2) is 23.6 Å². The molecule has 3 fully saturated rings. The van der Waals surface area contributed by atoms with E-state index in [1.807, 2.05) is 0 Å². The lowest BCUT2D eigenvalue weighted by Crippen LogP contribution is -2.70. The molecule has 166 valence electrons. The molecular weight excluding hydrogens is 404 g/mol. The zero-order valence-corrected chi connectivity index (χ0v) is 17.1. The lowest BCUT2D eigenvalue weighted by Gasteiger charge is -2.62. The smallest absolute Gasteiger partial charge is 0.213 e. The SMILES string of the molecule is CC1C[C@H]2[C@@H]3CC(F)C4=C(F)C(=O)C=C[C@]4(C)[C@@]3(F)C(O)C[C@]2(C)[C@@]1(O)C(=O)CF. The summed E-state index contributed by atoms with van der Waals surface area (Å²) in [6, 6.07) is 0. The molecule has 3 unspecified atom stereocenters. The van der Waals surface area contributed by atoms with E-state index in [2.05, 4.69) is 0 Å². The largest absolute Gasteiger partial charge is 0.390 e. The highest BCUT2D eigenvalue weighted by molar-refractivity contribution is 6.04. The van der Waals surface area contributed by atoms with Crippen molar-refractivity contribution in [2.75, 3.05) is 6.67 Å². The number of carbonyl (C=O) groups excluding carboxylic acids is 2. The third-order valence-corrected chi connectivity index (χ3v) is 8.83. The Kier molecular flexibility index (Phi) is 4.52. The van der Waals surface area contributed by atoms with E-state index in [1.54, 1.807) is 6.92 Å². The Hall–Kier alpha value is -1.54. The van der Waals surface area contributed by atoms with Crippen molar-refractivity contribution in [2.24, 2.45) is 28.6 Å². The number of carbonyl (C=O) groups is 2. The van der Waals surface area contributed by atoms with Crippen molar-refractivity contribution in [1.82, 2.24) is 0 Å². The Labute approximate surface area is 172 Å². The number of fused-ring (bicyclic) bond motifs is 5. The number of aliphatic hydroxyl groups is 2. The Bertz CT molecular complexity index is 886. The zero-order chi connectivity index (χ0) is 22.4. The fourth-order valence-corrected chi connectivity index (χ4v) is 7.33. The molecule has 0 aromatic heterocycles.